The molecule has 1 aromatic heterocycles. The summed E-state index contributed by atoms with van der Waals surface area (Å²) < 4.78 is 1.94. The summed E-state index contributed by atoms with van der Waals surface area (Å²) in [5.41, 5.74) is 0. The molecule has 0 unspecified atom stereocenters. The molecule has 1 heterocycles. The van der Waals surface area contributed by atoms with Crippen molar-refractivity contribution in [1.82, 2.24) is 14.9 Å². The number of amides is 1. The second-order valence-corrected chi connectivity index (χ2v) is 5.76. The van der Waals surface area contributed by atoms with E-state index in [-0.39, 0.29) is 17.7 Å². The van der Waals surface area contributed by atoms with Gasteiger partial charge in [0.15, 0.2) is 0 Å². The van der Waals surface area contributed by atoms with Gasteiger partial charge in [-0.3, -0.25) is 4.79 Å². The fourth-order valence-electron chi connectivity index (χ4n) is 3.51. The molecule has 1 aromatic rings. The normalized spacial score (nSPS) is 29.7. The Balaban J connectivity index is 1.51. The highest BCUT2D eigenvalue weighted by Gasteiger charge is 2.48. The van der Waals surface area contributed by atoms with Gasteiger partial charge in [0.25, 0.3) is 0 Å². The van der Waals surface area contributed by atoms with Crippen LogP contribution in [0.1, 0.15) is 12.8 Å². The van der Waals surface area contributed by atoms with Crippen molar-refractivity contribution in [2.75, 3.05) is 6.54 Å². The van der Waals surface area contributed by atoms with Gasteiger partial charge in [-0.15, -0.1) is 0 Å². The maximum absolute atomic E-state index is 12.3. The second-order valence-electron chi connectivity index (χ2n) is 5.76. The first-order valence-electron chi connectivity index (χ1n) is 7.29. The van der Waals surface area contributed by atoms with Crippen LogP contribution in [0.3, 0.4) is 0 Å². The highest BCUT2D eigenvalue weighted by Crippen LogP contribution is 2.47. The van der Waals surface area contributed by atoms with E-state index in [1.54, 1.807) is 12.5 Å². The molecule has 6 heteroatoms. The van der Waals surface area contributed by atoms with Gasteiger partial charge < -0.3 is 19.8 Å². The van der Waals surface area contributed by atoms with E-state index in [2.05, 4.69) is 10.3 Å². The third-order valence-corrected chi connectivity index (χ3v) is 4.49. The van der Waals surface area contributed by atoms with Gasteiger partial charge in [0, 0.05) is 37.4 Å². The number of nitrogens with one attached hydrogen (secondary N) is 1. The fourth-order valence-corrected chi connectivity index (χ4v) is 3.51. The van der Waals surface area contributed by atoms with Gasteiger partial charge in [-0.25, -0.2) is 4.98 Å². The van der Waals surface area contributed by atoms with Crippen LogP contribution in [0.4, 0.5) is 0 Å². The molecule has 0 spiro atoms. The van der Waals surface area contributed by atoms with Crippen molar-refractivity contribution in [1.29, 1.82) is 0 Å². The minimum atomic E-state index is -1.11. The first kappa shape index (κ1) is 13.9. The Kier molecular flexibility index (Phi) is 3.77. The molecular formula is C15H18N3O3-. The standard InChI is InChI=1S/C15H19N3O3/c19-14(17-4-1-6-18-7-5-16-9-18)12-10-2-3-11(8-10)13(12)15(20)21/h2-3,5,7,9-13H,1,4,6,8H2,(H,17,19)(H,20,21)/p-1/t10-,11+,12+,13+/m0/s1. The molecule has 2 bridgehead atoms. The molecule has 1 N–H and O–H groups in total. The molecule has 3 rings (SSSR count). The van der Waals surface area contributed by atoms with Crippen molar-refractivity contribution in [3.63, 3.8) is 0 Å². The molecule has 2 aliphatic carbocycles. The SMILES string of the molecule is O=C([O-])[C@H]1[C@H](C(=O)NCCCn2ccnc2)[C@H]2C=C[C@@H]1C2. The van der Waals surface area contributed by atoms with Gasteiger partial charge in [0.1, 0.15) is 0 Å². The number of aliphatic carboxylic acids is 1. The van der Waals surface area contributed by atoms with Crippen LogP contribution >= 0.6 is 0 Å². The number of allylic oxidation sites excluding steroid dienone is 2. The third-order valence-electron chi connectivity index (χ3n) is 4.49. The Morgan fingerprint density at radius 3 is 2.71 bits per heavy atom. The number of carbonyl (C=O) groups excluding carboxylic acids is 2. The van der Waals surface area contributed by atoms with E-state index in [1.807, 2.05) is 22.9 Å². The molecule has 0 radical (unpaired) electrons. The maximum Gasteiger partial charge on any atom is 0.224 e. The molecular weight excluding hydrogens is 270 g/mol. The predicted molar refractivity (Wildman–Crippen MR) is 72.6 cm³/mol. The maximum atomic E-state index is 12.3. The van der Waals surface area contributed by atoms with Crippen LogP contribution in [0.5, 0.6) is 0 Å². The van der Waals surface area contributed by atoms with Gasteiger partial charge in [0.2, 0.25) is 5.91 Å². The summed E-state index contributed by atoms with van der Waals surface area (Å²) in [5.74, 6) is -2.41. The number of carboxylic acids is 1. The van der Waals surface area contributed by atoms with Gasteiger partial charge in [0.05, 0.1) is 12.2 Å². The number of carbonyl (C=O) groups is 2. The fraction of sp³-hybridized carbons (Fsp3) is 0.533. The lowest BCUT2D eigenvalue weighted by Gasteiger charge is -2.27. The van der Waals surface area contributed by atoms with E-state index in [9.17, 15) is 14.7 Å². The average Bonchev–Trinajstić information content (AvgIpc) is 3.18. The van der Waals surface area contributed by atoms with E-state index >= 15 is 0 Å². The third kappa shape index (κ3) is 2.70. The zero-order valence-corrected chi connectivity index (χ0v) is 11.6. The van der Waals surface area contributed by atoms with Crippen LogP contribution in [-0.2, 0) is 16.1 Å². The van der Waals surface area contributed by atoms with Crippen molar-refractivity contribution < 1.29 is 14.7 Å². The van der Waals surface area contributed by atoms with Gasteiger partial charge in [-0.05, 0) is 24.7 Å². The van der Waals surface area contributed by atoms with Gasteiger partial charge in [-0.1, -0.05) is 12.2 Å². The lowest BCUT2D eigenvalue weighted by molar-refractivity contribution is -0.313. The van der Waals surface area contributed by atoms with E-state index in [4.69, 9.17) is 0 Å². The van der Waals surface area contributed by atoms with Crippen LogP contribution in [0.15, 0.2) is 30.9 Å². The molecule has 1 amide bonds. The molecule has 6 nitrogen and oxygen atoms in total. The number of aromatic nitrogens is 2. The molecule has 0 aromatic carbocycles. The largest absolute Gasteiger partial charge is 0.550 e. The molecule has 0 saturated heterocycles. The summed E-state index contributed by atoms with van der Waals surface area (Å²) >= 11 is 0. The van der Waals surface area contributed by atoms with Crippen LogP contribution in [0.2, 0.25) is 0 Å². The number of nitrogens with zero attached hydrogens (tertiary/aromatic N) is 2. The highest BCUT2D eigenvalue weighted by atomic mass is 16.4. The lowest BCUT2D eigenvalue weighted by Crippen LogP contribution is -2.45. The molecule has 2 aliphatic rings. The van der Waals surface area contributed by atoms with Crippen molar-refractivity contribution in [3.8, 4) is 0 Å². The topological polar surface area (TPSA) is 87.0 Å². The number of rotatable bonds is 6. The summed E-state index contributed by atoms with van der Waals surface area (Å²) in [6.45, 7) is 1.31. The van der Waals surface area contributed by atoms with E-state index in [1.165, 1.54) is 0 Å². The van der Waals surface area contributed by atoms with Crippen molar-refractivity contribution >= 4 is 11.9 Å². The predicted octanol–water partition coefficient (Wildman–Crippen LogP) is -0.422. The molecule has 1 saturated carbocycles. The number of imidazole rings is 1. The van der Waals surface area contributed by atoms with Gasteiger partial charge in [-0.2, -0.15) is 0 Å². The monoisotopic (exact) mass is 288 g/mol. The Morgan fingerprint density at radius 1 is 1.29 bits per heavy atom. The zero-order chi connectivity index (χ0) is 14.8. The van der Waals surface area contributed by atoms with Crippen molar-refractivity contribution in [3.05, 3.63) is 30.9 Å². The molecule has 112 valence electrons. The zero-order valence-electron chi connectivity index (χ0n) is 11.6. The smallest absolute Gasteiger partial charge is 0.224 e. The first-order valence-corrected chi connectivity index (χ1v) is 7.29. The highest BCUT2D eigenvalue weighted by molar-refractivity contribution is 5.86. The van der Waals surface area contributed by atoms with E-state index in [0.717, 1.165) is 19.4 Å². The number of aryl methyl sites for hydroxylation is 1. The van der Waals surface area contributed by atoms with Crippen molar-refractivity contribution in [2.24, 2.45) is 23.7 Å². The quantitative estimate of drug-likeness (QED) is 0.569. The van der Waals surface area contributed by atoms with Crippen molar-refractivity contribution in [2.45, 2.75) is 19.4 Å². The Bertz CT molecular complexity index is 553. The minimum Gasteiger partial charge on any atom is -0.550 e. The Hall–Kier alpha value is -2.11. The van der Waals surface area contributed by atoms with Crippen LogP contribution in [0.25, 0.3) is 0 Å². The summed E-state index contributed by atoms with van der Waals surface area (Å²) in [4.78, 5) is 27.5. The number of hydrogen-bond acceptors (Lipinski definition) is 4. The Morgan fingerprint density at radius 2 is 2.05 bits per heavy atom. The van der Waals surface area contributed by atoms with Gasteiger partial charge >= 0.3 is 0 Å². The average molecular weight is 288 g/mol. The number of hydrogen-bond donors (Lipinski definition) is 1. The van der Waals surface area contributed by atoms with E-state index in [0.29, 0.717) is 6.54 Å². The molecule has 21 heavy (non-hydrogen) atoms. The lowest BCUT2D eigenvalue weighted by atomic mass is 9.82. The van der Waals surface area contributed by atoms with Crippen LogP contribution < -0.4 is 10.4 Å². The molecule has 4 atom stereocenters. The first-order chi connectivity index (χ1) is 10.2. The minimum absolute atomic E-state index is 0.0401. The van der Waals surface area contributed by atoms with Crippen LogP contribution in [0, 0.1) is 23.7 Å². The van der Waals surface area contributed by atoms with E-state index < -0.39 is 17.8 Å². The molecule has 1 fully saturated rings. The summed E-state index contributed by atoms with van der Waals surface area (Å²) in [6, 6.07) is 0. The summed E-state index contributed by atoms with van der Waals surface area (Å²) in [6.07, 6.45) is 10.7. The Labute approximate surface area is 122 Å². The number of fused-ring (bicyclic) bond motifs is 2. The second kappa shape index (κ2) is 5.71. The van der Waals surface area contributed by atoms with Crippen LogP contribution in [-0.4, -0.2) is 28.0 Å². The summed E-state index contributed by atoms with van der Waals surface area (Å²) in [7, 11) is 0. The number of carboxylic acid groups (broad SMARTS) is 1. The molecule has 0 aliphatic heterocycles. The summed E-state index contributed by atoms with van der Waals surface area (Å²) in [5, 5.41) is 14.1.